The first-order chi connectivity index (χ1) is 9.71. The molecule has 5 heteroatoms. The Morgan fingerprint density at radius 2 is 2.05 bits per heavy atom. The highest BCUT2D eigenvalue weighted by molar-refractivity contribution is 5.79. The molecule has 0 aliphatic heterocycles. The number of methoxy groups -OCH3 is 1. The van der Waals surface area contributed by atoms with Crippen LogP contribution in [0.4, 0.5) is 0 Å². The van der Waals surface area contributed by atoms with Gasteiger partial charge in [-0.05, 0) is 25.0 Å². The molecule has 0 atom stereocenters. The van der Waals surface area contributed by atoms with E-state index in [-0.39, 0.29) is 5.97 Å². The maximum absolute atomic E-state index is 11.0. The fraction of sp³-hybridized carbons (Fsp3) is 0.467. The number of carbonyl (C=O) groups is 2. The molecule has 0 spiro atoms. The monoisotopic (exact) mass is 280 g/mol. The van der Waals surface area contributed by atoms with Crippen molar-refractivity contribution >= 4 is 12.3 Å². The molecule has 110 valence electrons. The first-order valence-electron chi connectivity index (χ1n) is 6.63. The van der Waals surface area contributed by atoms with Crippen LogP contribution in [0.15, 0.2) is 18.2 Å². The number of esters is 1. The van der Waals surface area contributed by atoms with Crippen LogP contribution in [0.1, 0.15) is 36.5 Å². The maximum atomic E-state index is 11.0. The van der Waals surface area contributed by atoms with Crippen LogP contribution in [-0.2, 0) is 9.53 Å². The minimum atomic E-state index is -0.274. The third-order valence-electron chi connectivity index (χ3n) is 2.60. The Bertz CT molecular complexity index is 442. The molecular formula is C15H20O5. The molecule has 0 aliphatic carbocycles. The molecule has 0 amide bonds. The van der Waals surface area contributed by atoms with Gasteiger partial charge in [0, 0.05) is 12.5 Å². The van der Waals surface area contributed by atoms with Gasteiger partial charge in [-0.3, -0.25) is 9.59 Å². The Balaban J connectivity index is 2.57. The Kier molecular flexibility index (Phi) is 7.17. The largest absolute Gasteiger partial charge is 0.493 e. The number of aldehydes is 1. The van der Waals surface area contributed by atoms with E-state index in [0.717, 1.165) is 12.7 Å². The van der Waals surface area contributed by atoms with Crippen LogP contribution in [0.3, 0.4) is 0 Å². The van der Waals surface area contributed by atoms with Crippen LogP contribution in [0, 0.1) is 0 Å². The molecule has 0 saturated carbocycles. The van der Waals surface area contributed by atoms with Gasteiger partial charge in [0.15, 0.2) is 6.29 Å². The van der Waals surface area contributed by atoms with Gasteiger partial charge < -0.3 is 14.2 Å². The SMILES string of the molecule is CCCOc1ccc(C=O)c(OCCCC(=O)OC)c1. The van der Waals surface area contributed by atoms with Crippen molar-refractivity contribution in [2.24, 2.45) is 0 Å². The predicted octanol–water partition coefficient (Wildman–Crippen LogP) is 2.62. The second kappa shape index (κ2) is 8.96. The summed E-state index contributed by atoms with van der Waals surface area (Å²) in [5.74, 6) is 0.864. The summed E-state index contributed by atoms with van der Waals surface area (Å²) in [7, 11) is 1.35. The molecule has 0 radical (unpaired) electrons. The third-order valence-corrected chi connectivity index (χ3v) is 2.60. The average molecular weight is 280 g/mol. The van der Waals surface area contributed by atoms with Crippen molar-refractivity contribution in [3.05, 3.63) is 23.8 Å². The lowest BCUT2D eigenvalue weighted by molar-refractivity contribution is -0.140. The zero-order valence-corrected chi connectivity index (χ0v) is 11.9. The van der Waals surface area contributed by atoms with Crippen LogP contribution in [0.2, 0.25) is 0 Å². The second-order valence-corrected chi connectivity index (χ2v) is 4.19. The van der Waals surface area contributed by atoms with E-state index in [4.69, 9.17) is 9.47 Å². The Morgan fingerprint density at radius 3 is 2.70 bits per heavy atom. The molecule has 1 aromatic carbocycles. The molecule has 0 saturated heterocycles. The van der Waals surface area contributed by atoms with Crippen LogP contribution >= 0.6 is 0 Å². The van der Waals surface area contributed by atoms with E-state index in [9.17, 15) is 9.59 Å². The van der Waals surface area contributed by atoms with Crippen LogP contribution < -0.4 is 9.47 Å². The van der Waals surface area contributed by atoms with Crippen molar-refractivity contribution in [2.75, 3.05) is 20.3 Å². The lowest BCUT2D eigenvalue weighted by Gasteiger charge is -2.11. The Hall–Kier alpha value is -2.04. The van der Waals surface area contributed by atoms with Gasteiger partial charge in [-0.15, -0.1) is 0 Å². The molecule has 0 unspecified atom stereocenters. The molecule has 0 bridgehead atoms. The molecule has 0 aliphatic rings. The molecule has 1 aromatic rings. The van der Waals surface area contributed by atoms with Crippen molar-refractivity contribution in [1.82, 2.24) is 0 Å². The fourth-order valence-electron chi connectivity index (χ4n) is 1.55. The van der Waals surface area contributed by atoms with Crippen molar-refractivity contribution in [3.63, 3.8) is 0 Å². The first kappa shape index (κ1) is 16.0. The number of hydrogen-bond donors (Lipinski definition) is 0. The van der Waals surface area contributed by atoms with E-state index < -0.39 is 0 Å². The molecule has 0 heterocycles. The lowest BCUT2D eigenvalue weighted by atomic mass is 10.2. The minimum absolute atomic E-state index is 0.274. The van der Waals surface area contributed by atoms with E-state index in [1.54, 1.807) is 18.2 Å². The van der Waals surface area contributed by atoms with Gasteiger partial charge >= 0.3 is 5.97 Å². The van der Waals surface area contributed by atoms with Crippen molar-refractivity contribution in [1.29, 1.82) is 0 Å². The quantitative estimate of drug-likeness (QED) is 0.395. The molecule has 1 rings (SSSR count). The minimum Gasteiger partial charge on any atom is -0.493 e. The van der Waals surface area contributed by atoms with Gasteiger partial charge in [-0.25, -0.2) is 0 Å². The second-order valence-electron chi connectivity index (χ2n) is 4.19. The zero-order valence-electron chi connectivity index (χ0n) is 11.9. The summed E-state index contributed by atoms with van der Waals surface area (Å²) in [6.07, 6.45) is 2.47. The first-order valence-corrected chi connectivity index (χ1v) is 6.63. The number of rotatable bonds is 9. The summed E-state index contributed by atoms with van der Waals surface area (Å²) in [5, 5.41) is 0. The van der Waals surface area contributed by atoms with E-state index in [0.29, 0.717) is 43.1 Å². The van der Waals surface area contributed by atoms with E-state index in [2.05, 4.69) is 4.74 Å². The highest BCUT2D eigenvalue weighted by Gasteiger charge is 2.06. The van der Waals surface area contributed by atoms with Gasteiger partial charge in [0.05, 0.1) is 25.9 Å². The standard InChI is InChI=1S/C15H20O5/c1-3-8-19-13-7-6-12(11-16)14(10-13)20-9-4-5-15(17)18-2/h6-7,10-11H,3-5,8-9H2,1-2H3. The van der Waals surface area contributed by atoms with E-state index in [1.165, 1.54) is 7.11 Å². The molecule has 0 fully saturated rings. The summed E-state index contributed by atoms with van der Waals surface area (Å²) < 4.78 is 15.6. The van der Waals surface area contributed by atoms with Crippen molar-refractivity contribution in [2.45, 2.75) is 26.2 Å². The number of hydrogen-bond acceptors (Lipinski definition) is 5. The maximum Gasteiger partial charge on any atom is 0.305 e. The van der Waals surface area contributed by atoms with Crippen LogP contribution in [-0.4, -0.2) is 32.6 Å². The summed E-state index contributed by atoms with van der Waals surface area (Å²) in [6.45, 7) is 2.97. The Labute approximate surface area is 118 Å². The van der Waals surface area contributed by atoms with Crippen molar-refractivity contribution in [3.8, 4) is 11.5 Å². The summed E-state index contributed by atoms with van der Waals surface area (Å²) >= 11 is 0. The molecule has 20 heavy (non-hydrogen) atoms. The number of carbonyl (C=O) groups excluding carboxylic acids is 2. The van der Waals surface area contributed by atoms with Gasteiger partial charge in [0.2, 0.25) is 0 Å². The normalized spacial score (nSPS) is 9.90. The lowest BCUT2D eigenvalue weighted by Crippen LogP contribution is -2.06. The molecule has 0 N–H and O–H groups in total. The highest BCUT2D eigenvalue weighted by atomic mass is 16.5. The predicted molar refractivity (Wildman–Crippen MR) is 74.4 cm³/mol. The van der Waals surface area contributed by atoms with Gasteiger partial charge in [0.25, 0.3) is 0 Å². The van der Waals surface area contributed by atoms with Gasteiger partial charge in [-0.2, -0.15) is 0 Å². The summed E-state index contributed by atoms with van der Waals surface area (Å²) in [6, 6.07) is 5.09. The molecular weight excluding hydrogens is 260 g/mol. The summed E-state index contributed by atoms with van der Waals surface area (Å²) in [4.78, 5) is 21.9. The smallest absolute Gasteiger partial charge is 0.305 e. The number of benzene rings is 1. The van der Waals surface area contributed by atoms with E-state index in [1.807, 2.05) is 6.92 Å². The van der Waals surface area contributed by atoms with Crippen LogP contribution in [0.25, 0.3) is 0 Å². The zero-order chi connectivity index (χ0) is 14.8. The molecule has 0 aromatic heterocycles. The van der Waals surface area contributed by atoms with E-state index >= 15 is 0 Å². The van der Waals surface area contributed by atoms with Gasteiger partial charge in [-0.1, -0.05) is 6.92 Å². The third kappa shape index (κ3) is 5.30. The average Bonchev–Trinajstić information content (AvgIpc) is 2.49. The van der Waals surface area contributed by atoms with Crippen LogP contribution in [0.5, 0.6) is 11.5 Å². The molecule has 5 nitrogen and oxygen atoms in total. The summed E-state index contributed by atoms with van der Waals surface area (Å²) in [5.41, 5.74) is 0.465. The Morgan fingerprint density at radius 1 is 1.25 bits per heavy atom. The highest BCUT2D eigenvalue weighted by Crippen LogP contribution is 2.24. The van der Waals surface area contributed by atoms with Crippen molar-refractivity contribution < 1.29 is 23.8 Å². The number of ether oxygens (including phenoxy) is 3. The topological polar surface area (TPSA) is 61.8 Å². The fourth-order valence-corrected chi connectivity index (χ4v) is 1.55. The van der Waals surface area contributed by atoms with Gasteiger partial charge in [0.1, 0.15) is 11.5 Å².